The molecule has 20 heavy (non-hydrogen) atoms. The molecule has 0 aliphatic rings. The highest BCUT2D eigenvalue weighted by atomic mass is 32.1. The Bertz CT molecular complexity index is 678. The lowest BCUT2D eigenvalue weighted by Crippen LogP contribution is -2.29. The van der Waals surface area contributed by atoms with Crippen molar-refractivity contribution in [3.8, 4) is 0 Å². The summed E-state index contributed by atoms with van der Waals surface area (Å²) in [6.07, 6.45) is 1.57. The van der Waals surface area contributed by atoms with Crippen LogP contribution in [-0.2, 0) is 7.05 Å². The number of aryl methyl sites for hydroxylation is 1. The fourth-order valence-electron chi connectivity index (χ4n) is 1.97. The van der Waals surface area contributed by atoms with Crippen molar-refractivity contribution in [2.75, 3.05) is 11.9 Å². The van der Waals surface area contributed by atoms with E-state index in [1.165, 1.54) is 0 Å². The Hall–Kier alpha value is -2.21. The maximum absolute atomic E-state index is 12.5. The van der Waals surface area contributed by atoms with Gasteiger partial charge in [-0.25, -0.2) is 0 Å². The molecule has 0 saturated heterocycles. The number of aromatic nitrogens is 2. The molecule has 2 N–H and O–H groups in total. The van der Waals surface area contributed by atoms with E-state index in [1.54, 1.807) is 35.9 Å². The van der Waals surface area contributed by atoms with E-state index < -0.39 is 0 Å². The number of nitrogens with zero attached hydrogens (tertiary/aromatic N) is 3. The molecule has 104 valence electrons. The molecule has 1 aromatic carbocycles. The lowest BCUT2D eigenvalue weighted by atomic mass is 10.1. The molecule has 1 aromatic heterocycles. The lowest BCUT2D eigenvalue weighted by Gasteiger charge is -2.20. The van der Waals surface area contributed by atoms with Crippen molar-refractivity contribution in [2.45, 2.75) is 6.92 Å². The Kier molecular flexibility index (Phi) is 3.85. The Morgan fingerprint density at radius 2 is 2.00 bits per heavy atom. The molecule has 0 aliphatic heterocycles. The number of rotatable bonds is 3. The predicted molar refractivity (Wildman–Crippen MR) is 83.0 cm³/mol. The van der Waals surface area contributed by atoms with Gasteiger partial charge in [0.2, 0.25) is 0 Å². The quantitative estimate of drug-likeness (QED) is 0.872. The molecule has 0 aliphatic carbocycles. The molecule has 2 rings (SSSR count). The third kappa shape index (κ3) is 2.42. The highest BCUT2D eigenvalue weighted by molar-refractivity contribution is 7.80. The van der Waals surface area contributed by atoms with Gasteiger partial charge >= 0.3 is 0 Å². The molecule has 0 radical (unpaired) electrons. The second-order valence-corrected chi connectivity index (χ2v) is 4.95. The Morgan fingerprint density at radius 1 is 1.35 bits per heavy atom. The number of benzene rings is 1. The summed E-state index contributed by atoms with van der Waals surface area (Å²) in [4.78, 5) is 14.3. The zero-order chi connectivity index (χ0) is 14.9. The first-order chi connectivity index (χ1) is 9.43. The average molecular weight is 288 g/mol. The molecule has 0 spiro atoms. The Labute approximate surface area is 123 Å². The third-order valence-electron chi connectivity index (χ3n) is 3.30. The van der Waals surface area contributed by atoms with Crippen molar-refractivity contribution in [1.82, 2.24) is 9.78 Å². The molecule has 0 bridgehead atoms. The van der Waals surface area contributed by atoms with Crippen LogP contribution in [0.5, 0.6) is 0 Å². The van der Waals surface area contributed by atoms with Gasteiger partial charge in [-0.1, -0.05) is 24.4 Å². The van der Waals surface area contributed by atoms with E-state index >= 15 is 0 Å². The fourth-order valence-corrected chi connectivity index (χ4v) is 2.15. The van der Waals surface area contributed by atoms with Crippen molar-refractivity contribution in [1.29, 1.82) is 0 Å². The van der Waals surface area contributed by atoms with Crippen molar-refractivity contribution in [3.05, 3.63) is 47.3 Å². The van der Waals surface area contributed by atoms with Gasteiger partial charge < -0.3 is 10.6 Å². The van der Waals surface area contributed by atoms with E-state index in [1.807, 2.05) is 25.1 Å². The number of carbonyl (C=O) groups is 1. The number of nitrogens with two attached hydrogens (primary N) is 1. The molecular weight excluding hydrogens is 272 g/mol. The van der Waals surface area contributed by atoms with Gasteiger partial charge in [0.25, 0.3) is 5.91 Å². The number of amides is 1. The number of hydrogen-bond donors (Lipinski definition) is 1. The summed E-state index contributed by atoms with van der Waals surface area (Å²) < 4.78 is 1.67. The van der Waals surface area contributed by atoms with Crippen molar-refractivity contribution >= 4 is 28.8 Å². The monoisotopic (exact) mass is 288 g/mol. The van der Waals surface area contributed by atoms with Crippen LogP contribution in [0.15, 0.2) is 30.5 Å². The molecule has 2 aromatic rings. The van der Waals surface area contributed by atoms with Crippen LogP contribution in [0.4, 0.5) is 5.69 Å². The molecule has 5 nitrogen and oxygen atoms in total. The van der Waals surface area contributed by atoms with E-state index in [-0.39, 0.29) is 10.9 Å². The number of carbonyl (C=O) groups excluding carboxylic acids is 1. The van der Waals surface area contributed by atoms with Gasteiger partial charge in [-0.2, -0.15) is 5.10 Å². The number of para-hydroxylation sites is 1. The molecule has 0 saturated carbocycles. The van der Waals surface area contributed by atoms with E-state index in [0.717, 1.165) is 5.69 Å². The van der Waals surface area contributed by atoms with Gasteiger partial charge in [0.15, 0.2) is 0 Å². The predicted octanol–water partition coefficient (Wildman–Crippen LogP) is 1.64. The van der Waals surface area contributed by atoms with E-state index in [4.69, 9.17) is 18.0 Å². The largest absolute Gasteiger partial charge is 0.389 e. The first-order valence-corrected chi connectivity index (χ1v) is 6.49. The maximum atomic E-state index is 12.5. The molecule has 0 atom stereocenters. The van der Waals surface area contributed by atoms with Gasteiger partial charge in [0.1, 0.15) is 4.99 Å². The van der Waals surface area contributed by atoms with Crippen LogP contribution in [0.3, 0.4) is 0 Å². The summed E-state index contributed by atoms with van der Waals surface area (Å²) in [7, 11) is 3.50. The minimum atomic E-state index is -0.140. The van der Waals surface area contributed by atoms with Crippen molar-refractivity contribution in [3.63, 3.8) is 0 Å². The minimum absolute atomic E-state index is 0.140. The van der Waals surface area contributed by atoms with Crippen LogP contribution >= 0.6 is 12.2 Å². The Balaban J connectivity index is 2.42. The normalized spacial score (nSPS) is 10.3. The lowest BCUT2D eigenvalue weighted by molar-refractivity contribution is 0.0992. The van der Waals surface area contributed by atoms with Crippen molar-refractivity contribution in [2.24, 2.45) is 12.8 Å². The van der Waals surface area contributed by atoms with Gasteiger partial charge in [-0.15, -0.1) is 0 Å². The van der Waals surface area contributed by atoms with E-state index in [0.29, 0.717) is 16.8 Å². The van der Waals surface area contributed by atoms with E-state index in [2.05, 4.69) is 5.10 Å². The summed E-state index contributed by atoms with van der Waals surface area (Å²) in [6, 6.07) is 7.30. The summed E-state index contributed by atoms with van der Waals surface area (Å²) in [5.41, 5.74) is 8.45. The molecule has 0 fully saturated rings. The molecule has 1 amide bonds. The first kappa shape index (κ1) is 14.2. The van der Waals surface area contributed by atoms with Crippen LogP contribution in [0.2, 0.25) is 0 Å². The third-order valence-corrected chi connectivity index (χ3v) is 3.52. The SMILES string of the molecule is Cc1c(C(=O)N(C)c2ccccc2C(N)=S)cnn1C. The summed E-state index contributed by atoms with van der Waals surface area (Å²) in [6.45, 7) is 1.85. The maximum Gasteiger partial charge on any atom is 0.261 e. The smallest absolute Gasteiger partial charge is 0.261 e. The van der Waals surface area contributed by atoms with Gasteiger partial charge in [-0.05, 0) is 19.1 Å². The summed E-state index contributed by atoms with van der Waals surface area (Å²) in [5, 5.41) is 4.09. The fraction of sp³-hybridized carbons (Fsp3) is 0.214. The standard InChI is InChI=1S/C14H16N4OS/c1-9-11(8-16-18(9)3)14(19)17(2)12-7-5-4-6-10(12)13(15)20/h4-8H,1-3H3,(H2,15,20). The molecule has 1 heterocycles. The van der Waals surface area contributed by atoms with Gasteiger partial charge in [0, 0.05) is 25.4 Å². The van der Waals surface area contributed by atoms with Crippen LogP contribution in [-0.4, -0.2) is 27.7 Å². The van der Waals surface area contributed by atoms with Gasteiger partial charge in [-0.3, -0.25) is 9.48 Å². The second kappa shape index (κ2) is 5.42. The highest BCUT2D eigenvalue weighted by Gasteiger charge is 2.20. The topological polar surface area (TPSA) is 64.2 Å². The van der Waals surface area contributed by atoms with Gasteiger partial charge in [0.05, 0.1) is 17.4 Å². The van der Waals surface area contributed by atoms with Crippen molar-refractivity contribution < 1.29 is 4.79 Å². The number of hydrogen-bond acceptors (Lipinski definition) is 3. The zero-order valence-corrected chi connectivity index (χ0v) is 12.4. The zero-order valence-electron chi connectivity index (χ0n) is 11.6. The molecule has 0 unspecified atom stereocenters. The Morgan fingerprint density at radius 3 is 2.55 bits per heavy atom. The average Bonchev–Trinajstić information content (AvgIpc) is 2.77. The molecular formula is C14H16N4OS. The minimum Gasteiger partial charge on any atom is -0.389 e. The van der Waals surface area contributed by atoms with Crippen LogP contribution in [0, 0.1) is 6.92 Å². The highest BCUT2D eigenvalue weighted by Crippen LogP contribution is 2.21. The number of anilines is 1. The van der Waals surface area contributed by atoms with Crippen LogP contribution in [0.25, 0.3) is 0 Å². The summed E-state index contributed by atoms with van der Waals surface area (Å²) >= 11 is 5.03. The first-order valence-electron chi connectivity index (χ1n) is 6.09. The summed E-state index contributed by atoms with van der Waals surface area (Å²) in [5.74, 6) is -0.140. The van der Waals surface area contributed by atoms with Crippen LogP contribution in [0.1, 0.15) is 21.6 Å². The molecule has 6 heteroatoms. The van der Waals surface area contributed by atoms with Crippen LogP contribution < -0.4 is 10.6 Å². The van der Waals surface area contributed by atoms with E-state index in [9.17, 15) is 4.79 Å². The number of thiocarbonyl (C=S) groups is 1. The second-order valence-electron chi connectivity index (χ2n) is 4.51.